The van der Waals surface area contributed by atoms with E-state index in [4.69, 9.17) is 27.0 Å². The third kappa shape index (κ3) is 16.7. The molecule has 0 spiro atoms. The number of hydrogen-bond acceptors (Lipinski definition) is 9. The third-order valence-electron chi connectivity index (χ3n) is 9.55. The summed E-state index contributed by atoms with van der Waals surface area (Å²) in [6, 6.07) is 0. The van der Waals surface area contributed by atoms with Gasteiger partial charge in [0.15, 0.2) is 5.76 Å². The van der Waals surface area contributed by atoms with Crippen LogP contribution in [0.5, 0.6) is 0 Å². The average Bonchev–Trinajstić information content (AvgIpc) is 3.86. The van der Waals surface area contributed by atoms with Crippen LogP contribution < -0.4 is 38.1 Å². The van der Waals surface area contributed by atoms with Crippen molar-refractivity contribution in [1.29, 1.82) is 0 Å². The number of nitrogens with zero attached hydrogens (tertiary/aromatic N) is 2. The van der Waals surface area contributed by atoms with Crippen molar-refractivity contribution in [3.8, 4) is 12.3 Å². The Hall–Kier alpha value is -5.35. The number of allylic oxidation sites excluding steroid dienone is 5. The van der Waals surface area contributed by atoms with E-state index in [2.05, 4.69) is 67.3 Å². The number of unbranched alkanes of at least 4 members (excludes halogenated alkanes) is 1. The van der Waals surface area contributed by atoms with Gasteiger partial charge in [0.1, 0.15) is 28.5 Å². The summed E-state index contributed by atoms with van der Waals surface area (Å²) in [6.07, 6.45) is 27.5. The first-order valence-corrected chi connectivity index (χ1v) is 20.9. The zero-order valence-corrected chi connectivity index (χ0v) is 37.4. The lowest BCUT2D eigenvalue weighted by Gasteiger charge is -2.30. The number of amides is 2. The summed E-state index contributed by atoms with van der Waals surface area (Å²) in [7, 11) is 3.75. The maximum atomic E-state index is 16.3. The van der Waals surface area contributed by atoms with Crippen molar-refractivity contribution in [3.63, 3.8) is 0 Å². The van der Waals surface area contributed by atoms with E-state index in [1.807, 2.05) is 44.1 Å². The largest absolute Gasteiger partial charge is 0.456 e. The quantitative estimate of drug-likeness (QED) is 0.0804. The van der Waals surface area contributed by atoms with Gasteiger partial charge in [-0.05, 0) is 90.0 Å². The minimum absolute atomic E-state index is 0.108. The molecule has 1 atom stereocenters. The highest BCUT2D eigenvalue weighted by molar-refractivity contribution is 5.95. The van der Waals surface area contributed by atoms with E-state index in [0.717, 1.165) is 56.2 Å². The monoisotopic (exact) mass is 830 g/mol. The van der Waals surface area contributed by atoms with E-state index in [1.165, 1.54) is 31.3 Å². The molecule has 3 aliphatic heterocycles. The maximum absolute atomic E-state index is 16.3. The second-order valence-electron chi connectivity index (χ2n) is 14.5. The van der Waals surface area contributed by atoms with Gasteiger partial charge in [0, 0.05) is 68.9 Å². The highest BCUT2D eigenvalue weighted by Crippen LogP contribution is 2.39. The zero-order valence-electron chi connectivity index (χ0n) is 37.4. The Morgan fingerprint density at radius 1 is 1.08 bits per heavy atom. The number of rotatable bonds is 15. The lowest BCUT2D eigenvalue weighted by Crippen LogP contribution is -2.34. The molecule has 1 unspecified atom stereocenters. The van der Waals surface area contributed by atoms with Crippen molar-refractivity contribution in [2.45, 2.75) is 79.6 Å². The van der Waals surface area contributed by atoms with Gasteiger partial charge in [-0.3, -0.25) is 14.5 Å². The van der Waals surface area contributed by atoms with Crippen LogP contribution in [0.15, 0.2) is 89.0 Å². The number of furan rings is 1. The number of nitrogens with one attached hydrogen (secondary N) is 3. The summed E-state index contributed by atoms with van der Waals surface area (Å²) in [5, 5.41) is 9.63. The predicted molar refractivity (Wildman–Crippen MR) is 248 cm³/mol. The van der Waals surface area contributed by atoms with Crippen molar-refractivity contribution in [1.82, 2.24) is 25.8 Å². The van der Waals surface area contributed by atoms with E-state index in [-0.39, 0.29) is 35.1 Å². The topological polar surface area (TPSA) is 151 Å². The van der Waals surface area contributed by atoms with Crippen molar-refractivity contribution >= 4 is 36.1 Å². The Morgan fingerprint density at radius 3 is 2.28 bits per heavy atom. The Balaban J connectivity index is 0.000000679. The van der Waals surface area contributed by atoms with Gasteiger partial charge in [0.2, 0.25) is 11.8 Å². The number of primary amides is 2. The van der Waals surface area contributed by atoms with Crippen LogP contribution in [0.2, 0.25) is 0 Å². The molecule has 0 saturated carbocycles. The summed E-state index contributed by atoms with van der Waals surface area (Å²) in [4.78, 5) is 27.3. The minimum Gasteiger partial charge on any atom is -0.456 e. The molecule has 0 aliphatic carbocycles. The van der Waals surface area contributed by atoms with E-state index in [0.29, 0.717) is 42.8 Å². The molecular weight excluding hydrogens is 758 g/mol. The van der Waals surface area contributed by atoms with Crippen LogP contribution >= 0.6 is 0 Å². The van der Waals surface area contributed by atoms with Gasteiger partial charge in [-0.2, -0.15) is 0 Å². The van der Waals surface area contributed by atoms with Crippen molar-refractivity contribution < 1.29 is 23.1 Å². The van der Waals surface area contributed by atoms with Crippen LogP contribution in [-0.2, 0) is 14.3 Å². The van der Waals surface area contributed by atoms with Gasteiger partial charge < -0.3 is 41.5 Å². The molecule has 0 aromatic carbocycles. The number of nitrogens with two attached hydrogens (primary N) is 2. The Labute approximate surface area is 359 Å². The van der Waals surface area contributed by atoms with Crippen LogP contribution in [0.25, 0.3) is 24.3 Å². The lowest BCUT2D eigenvalue weighted by molar-refractivity contribution is -0.118. The van der Waals surface area contributed by atoms with Crippen LogP contribution in [0.3, 0.4) is 0 Å². The van der Waals surface area contributed by atoms with Gasteiger partial charge in [-0.25, -0.2) is 4.39 Å². The van der Waals surface area contributed by atoms with Crippen LogP contribution in [0.4, 0.5) is 4.39 Å². The SMILES string of the molecule is C#CC1(C)/C2=C/C(F)=C(N3CCCC3)\C(=C\N/C=C\1C(N)=O)OC(=C)/C=c1/c(/C=C\C)c(C=C)o/c1=C/C2.C=CCN(CCC)CCNCCC(N)=O.CCCC.CNC. The minimum atomic E-state index is -1.31. The molecule has 1 saturated heterocycles. The van der Waals surface area contributed by atoms with Crippen molar-refractivity contribution in [3.05, 3.63) is 107 Å². The molecule has 330 valence electrons. The summed E-state index contributed by atoms with van der Waals surface area (Å²) in [5.74, 6) is 2.23. The fourth-order valence-electron chi connectivity index (χ4n) is 6.33. The fourth-order valence-corrected chi connectivity index (χ4v) is 6.33. The second kappa shape index (κ2) is 29.0. The van der Waals surface area contributed by atoms with Crippen molar-refractivity contribution in [2.24, 2.45) is 16.9 Å². The smallest absolute Gasteiger partial charge is 0.247 e. The molecular formula is C48H72FN7O4. The Kier molecular flexibility index (Phi) is 25.4. The van der Waals surface area contributed by atoms with Gasteiger partial charge in [0.25, 0.3) is 0 Å². The van der Waals surface area contributed by atoms with Crippen molar-refractivity contribution in [2.75, 3.05) is 59.9 Å². The number of fused-ring (bicyclic) bond motifs is 3. The molecule has 11 nitrogen and oxygen atoms in total. The molecule has 2 amide bonds. The van der Waals surface area contributed by atoms with Crippen LogP contribution in [-0.4, -0.2) is 81.5 Å². The molecule has 3 aliphatic rings. The molecule has 60 heavy (non-hydrogen) atoms. The number of likely N-dealkylation sites (tertiary alicyclic amines) is 1. The van der Waals surface area contributed by atoms with Gasteiger partial charge >= 0.3 is 0 Å². The summed E-state index contributed by atoms with van der Waals surface area (Å²) < 4.78 is 28.6. The first-order chi connectivity index (χ1) is 28.8. The molecule has 1 fully saturated rings. The first-order valence-electron chi connectivity index (χ1n) is 20.9. The molecule has 4 rings (SSSR count). The second-order valence-corrected chi connectivity index (χ2v) is 14.5. The van der Waals surface area contributed by atoms with E-state index < -0.39 is 17.1 Å². The summed E-state index contributed by atoms with van der Waals surface area (Å²) in [5.41, 5.74) is 11.6. The Bertz CT molecular complexity index is 1910. The average molecular weight is 830 g/mol. The van der Waals surface area contributed by atoms with Gasteiger partial charge in [-0.15, -0.1) is 13.0 Å². The van der Waals surface area contributed by atoms with Gasteiger partial charge in [-0.1, -0.05) is 70.9 Å². The zero-order chi connectivity index (χ0) is 45.1. The predicted octanol–water partition coefficient (Wildman–Crippen LogP) is 6.10. The summed E-state index contributed by atoms with van der Waals surface area (Å²) in [6.45, 7) is 27.7. The molecule has 1 aromatic heterocycles. The number of ether oxygens (including phenoxy) is 1. The van der Waals surface area contributed by atoms with Crippen LogP contribution in [0, 0.1) is 17.8 Å². The van der Waals surface area contributed by atoms with E-state index >= 15 is 4.39 Å². The third-order valence-corrected chi connectivity index (χ3v) is 9.55. The molecule has 0 radical (unpaired) electrons. The number of halogens is 1. The first kappa shape index (κ1) is 52.7. The number of terminal acetylenes is 1. The number of hydrogen-bond donors (Lipinski definition) is 5. The highest BCUT2D eigenvalue weighted by atomic mass is 19.1. The van der Waals surface area contributed by atoms with E-state index in [9.17, 15) is 9.59 Å². The van der Waals surface area contributed by atoms with E-state index in [1.54, 1.807) is 25.2 Å². The molecule has 12 heteroatoms. The van der Waals surface area contributed by atoms with Gasteiger partial charge in [0.05, 0.1) is 11.0 Å². The number of carbonyl (C=O) groups excluding carboxylic acids is 2. The fraction of sp³-hybridized carbons (Fsp3) is 0.458. The maximum Gasteiger partial charge on any atom is 0.247 e. The lowest BCUT2D eigenvalue weighted by atomic mass is 9.74. The molecule has 2 bridgehead atoms. The standard InChI is InChI=1S/C31H32FN3O3.C11H23N3O.C4H10.C2H7N/c1-6-11-22-23-16-20(4)37-28-19-34-18-24(30(33)36)31(5,8-3)21(12-13-27(23)38-26(22)7-2)17-25(32)29(28)35-14-9-10-15-35;1-3-8-14(9-4-2)10-7-13-6-5-11(12)15;1-3-4-2;1-3-2/h3,6-7,11,13,16-19,34H,2,4,9-10,12,14-15H2,1,5H3,(H2,33,36);3,13H,1,4-10H2,2H3,(H2,12,15);3-4H2,1-2H3;3H,1-2H3/b11-6-,21-17+,23-16-,24-18-,27-13+,28-19-,29-25-;;;. The normalized spacial score (nSPS) is 22.3. The van der Waals surface area contributed by atoms with Crippen LogP contribution in [0.1, 0.15) is 90.9 Å². The summed E-state index contributed by atoms with van der Waals surface area (Å²) >= 11 is 0. The molecule has 7 N–H and O–H groups in total. The highest BCUT2D eigenvalue weighted by Gasteiger charge is 2.36. The molecule has 4 heterocycles. The molecule has 1 aromatic rings. The number of carbonyl (C=O) groups is 2. The Morgan fingerprint density at radius 2 is 1.75 bits per heavy atom.